The van der Waals surface area contributed by atoms with E-state index >= 15 is 0 Å². The van der Waals surface area contributed by atoms with Crippen molar-refractivity contribution in [1.29, 1.82) is 5.26 Å². The van der Waals surface area contributed by atoms with Crippen molar-refractivity contribution < 1.29 is 0 Å². The Morgan fingerprint density at radius 1 is 1.62 bits per heavy atom. The minimum Gasteiger partial charge on any atom is -0.288 e. The van der Waals surface area contributed by atoms with Crippen molar-refractivity contribution in [2.45, 2.75) is 19.4 Å². The molecule has 1 atom stereocenters. The van der Waals surface area contributed by atoms with E-state index in [-0.39, 0.29) is 6.04 Å². The Kier molecular flexibility index (Phi) is 1.50. The fraction of sp³-hybridized carbons (Fsp3) is 0.833. The number of nitriles is 1. The summed E-state index contributed by atoms with van der Waals surface area (Å²) in [7, 11) is 0. The Hall–Kier alpha value is -0.550. The molecule has 0 aromatic carbocycles. The molecule has 44 valence electrons. The minimum absolute atomic E-state index is 0.142. The highest BCUT2D eigenvalue weighted by Crippen LogP contribution is 2.08. The molecule has 0 amide bonds. The van der Waals surface area contributed by atoms with Gasteiger partial charge in [0.2, 0.25) is 0 Å². The van der Waals surface area contributed by atoms with Crippen LogP contribution in [0.15, 0.2) is 0 Å². The van der Waals surface area contributed by atoms with Gasteiger partial charge < -0.3 is 0 Å². The first-order valence-corrected chi connectivity index (χ1v) is 2.98. The molecule has 0 aliphatic carbocycles. The number of hydrogen-bond donors (Lipinski definition) is 0. The molecular weight excluding hydrogens is 100 g/mol. The van der Waals surface area contributed by atoms with Crippen molar-refractivity contribution in [3.8, 4) is 6.07 Å². The Morgan fingerprint density at radius 3 is 2.38 bits per heavy atom. The normalized spacial score (nSPS) is 23.5. The number of rotatable bonds is 1. The van der Waals surface area contributed by atoms with Crippen LogP contribution in [-0.4, -0.2) is 24.0 Å². The molecule has 1 heterocycles. The van der Waals surface area contributed by atoms with Crippen molar-refractivity contribution in [2.75, 3.05) is 13.1 Å². The van der Waals surface area contributed by atoms with Gasteiger partial charge in [-0.1, -0.05) is 0 Å². The van der Waals surface area contributed by atoms with Gasteiger partial charge in [-0.25, -0.2) is 0 Å². The second-order valence-electron chi connectivity index (χ2n) is 2.19. The third-order valence-corrected chi connectivity index (χ3v) is 1.63. The van der Waals surface area contributed by atoms with Gasteiger partial charge in [0, 0.05) is 13.1 Å². The molecule has 0 bridgehead atoms. The molecule has 1 rings (SSSR count). The fourth-order valence-electron chi connectivity index (χ4n) is 0.810. The summed E-state index contributed by atoms with van der Waals surface area (Å²) in [6.07, 6.45) is 1.27. The van der Waals surface area contributed by atoms with Crippen LogP contribution in [0.25, 0.3) is 0 Å². The molecule has 0 radical (unpaired) electrons. The number of hydrogen-bond acceptors (Lipinski definition) is 2. The Bertz CT molecular complexity index is 110. The molecule has 1 aliphatic heterocycles. The van der Waals surface area contributed by atoms with E-state index in [4.69, 9.17) is 5.26 Å². The van der Waals surface area contributed by atoms with Gasteiger partial charge in [-0.2, -0.15) is 5.26 Å². The molecule has 2 nitrogen and oxygen atoms in total. The van der Waals surface area contributed by atoms with Crippen LogP contribution < -0.4 is 0 Å². The third-order valence-electron chi connectivity index (χ3n) is 1.63. The van der Waals surface area contributed by atoms with Crippen LogP contribution in [0.1, 0.15) is 13.3 Å². The Balaban J connectivity index is 2.26. The van der Waals surface area contributed by atoms with E-state index in [1.54, 1.807) is 0 Å². The van der Waals surface area contributed by atoms with Crippen LogP contribution in [0.5, 0.6) is 0 Å². The summed E-state index contributed by atoms with van der Waals surface area (Å²) in [6, 6.07) is 2.34. The van der Waals surface area contributed by atoms with Gasteiger partial charge in [0.05, 0.1) is 12.1 Å². The molecule has 0 aromatic heterocycles. The first kappa shape index (κ1) is 5.58. The van der Waals surface area contributed by atoms with E-state index in [0.717, 1.165) is 13.1 Å². The van der Waals surface area contributed by atoms with Crippen LogP contribution in [0.3, 0.4) is 0 Å². The second kappa shape index (κ2) is 2.15. The van der Waals surface area contributed by atoms with Crippen LogP contribution in [0.4, 0.5) is 0 Å². The van der Waals surface area contributed by atoms with Crippen molar-refractivity contribution in [1.82, 2.24) is 4.90 Å². The molecule has 1 saturated heterocycles. The summed E-state index contributed by atoms with van der Waals surface area (Å²) in [4.78, 5) is 2.17. The maximum absolute atomic E-state index is 8.38. The van der Waals surface area contributed by atoms with Gasteiger partial charge in [-0.15, -0.1) is 0 Å². The molecule has 0 spiro atoms. The van der Waals surface area contributed by atoms with Crippen molar-refractivity contribution in [3.05, 3.63) is 0 Å². The predicted octanol–water partition coefficient (Wildman–Crippen LogP) is 0.604. The minimum atomic E-state index is 0.142. The summed E-state index contributed by atoms with van der Waals surface area (Å²) in [6.45, 7) is 4.18. The lowest BCUT2D eigenvalue weighted by molar-refractivity contribution is 0.157. The van der Waals surface area contributed by atoms with E-state index in [1.165, 1.54) is 6.42 Å². The van der Waals surface area contributed by atoms with Crippen LogP contribution in [0, 0.1) is 11.3 Å². The Labute approximate surface area is 49.7 Å². The van der Waals surface area contributed by atoms with Crippen molar-refractivity contribution in [3.63, 3.8) is 0 Å². The number of likely N-dealkylation sites (tertiary alicyclic amines) is 1. The van der Waals surface area contributed by atoms with E-state index in [1.807, 2.05) is 6.92 Å². The molecule has 0 saturated carbocycles. The lowest BCUT2D eigenvalue weighted by Crippen LogP contribution is -2.42. The lowest BCUT2D eigenvalue weighted by atomic mass is 10.2. The molecule has 1 aliphatic rings. The molecule has 0 aromatic rings. The summed E-state index contributed by atoms with van der Waals surface area (Å²) in [5.74, 6) is 0. The zero-order chi connectivity index (χ0) is 5.98. The SMILES string of the molecule is CC(C#N)N1CCC1. The second-order valence-corrected chi connectivity index (χ2v) is 2.19. The average molecular weight is 110 g/mol. The molecule has 2 heteroatoms. The molecule has 1 unspecified atom stereocenters. The molecule has 1 fully saturated rings. The average Bonchev–Trinajstić information content (AvgIpc) is 1.62. The fourth-order valence-corrected chi connectivity index (χ4v) is 0.810. The zero-order valence-corrected chi connectivity index (χ0v) is 5.09. The highest BCUT2D eigenvalue weighted by Gasteiger charge is 2.18. The predicted molar refractivity (Wildman–Crippen MR) is 31.3 cm³/mol. The van der Waals surface area contributed by atoms with Crippen LogP contribution in [-0.2, 0) is 0 Å². The van der Waals surface area contributed by atoms with Gasteiger partial charge >= 0.3 is 0 Å². The maximum Gasteiger partial charge on any atom is 0.0949 e. The number of nitrogens with zero attached hydrogens (tertiary/aromatic N) is 2. The van der Waals surface area contributed by atoms with E-state index in [9.17, 15) is 0 Å². The maximum atomic E-state index is 8.38. The van der Waals surface area contributed by atoms with E-state index in [0.29, 0.717) is 0 Å². The van der Waals surface area contributed by atoms with Gasteiger partial charge in [-0.3, -0.25) is 4.90 Å². The summed E-state index contributed by atoms with van der Waals surface area (Å²) in [5, 5.41) is 8.38. The van der Waals surface area contributed by atoms with Crippen LogP contribution >= 0.6 is 0 Å². The van der Waals surface area contributed by atoms with Gasteiger partial charge in [0.15, 0.2) is 0 Å². The van der Waals surface area contributed by atoms with Crippen molar-refractivity contribution in [2.24, 2.45) is 0 Å². The standard InChI is InChI=1S/C6H10N2/c1-6(5-7)8-3-2-4-8/h6H,2-4H2,1H3. The van der Waals surface area contributed by atoms with Gasteiger partial charge in [0.1, 0.15) is 0 Å². The topological polar surface area (TPSA) is 27.0 Å². The van der Waals surface area contributed by atoms with Crippen LogP contribution in [0.2, 0.25) is 0 Å². The summed E-state index contributed by atoms with van der Waals surface area (Å²) >= 11 is 0. The zero-order valence-electron chi connectivity index (χ0n) is 5.09. The monoisotopic (exact) mass is 110 g/mol. The molecular formula is C6H10N2. The summed E-state index contributed by atoms with van der Waals surface area (Å²) < 4.78 is 0. The largest absolute Gasteiger partial charge is 0.288 e. The third kappa shape index (κ3) is 0.823. The Morgan fingerprint density at radius 2 is 2.25 bits per heavy atom. The van der Waals surface area contributed by atoms with Gasteiger partial charge in [0.25, 0.3) is 0 Å². The molecule has 0 N–H and O–H groups in total. The smallest absolute Gasteiger partial charge is 0.0949 e. The highest BCUT2D eigenvalue weighted by atomic mass is 15.2. The first-order chi connectivity index (χ1) is 3.84. The quantitative estimate of drug-likeness (QED) is 0.494. The highest BCUT2D eigenvalue weighted by molar-refractivity contribution is 4.90. The van der Waals surface area contributed by atoms with Crippen molar-refractivity contribution >= 4 is 0 Å². The lowest BCUT2D eigenvalue weighted by Gasteiger charge is -2.32. The molecule has 8 heavy (non-hydrogen) atoms. The first-order valence-electron chi connectivity index (χ1n) is 2.98. The van der Waals surface area contributed by atoms with E-state index in [2.05, 4.69) is 11.0 Å². The summed E-state index contributed by atoms with van der Waals surface area (Å²) in [5.41, 5.74) is 0. The van der Waals surface area contributed by atoms with Gasteiger partial charge in [-0.05, 0) is 13.3 Å². The van der Waals surface area contributed by atoms with E-state index < -0.39 is 0 Å².